The van der Waals surface area contributed by atoms with Crippen molar-refractivity contribution >= 4 is 17.8 Å². The van der Waals surface area contributed by atoms with Gasteiger partial charge in [-0.3, -0.25) is 14.5 Å². The Kier molecular flexibility index (Phi) is 4.07. The third-order valence-electron chi connectivity index (χ3n) is 4.85. The van der Waals surface area contributed by atoms with Crippen molar-refractivity contribution in [2.75, 3.05) is 26.7 Å². The number of hydrogen-bond donors (Lipinski definition) is 1. The first kappa shape index (κ1) is 15.5. The van der Waals surface area contributed by atoms with Crippen LogP contribution in [0.3, 0.4) is 0 Å². The molecule has 0 spiro atoms. The fraction of sp³-hybridized carbons (Fsp3) is 0.471. The van der Waals surface area contributed by atoms with E-state index in [0.717, 1.165) is 24.2 Å². The van der Waals surface area contributed by atoms with E-state index in [-0.39, 0.29) is 30.3 Å². The van der Waals surface area contributed by atoms with Crippen molar-refractivity contribution in [2.24, 2.45) is 0 Å². The van der Waals surface area contributed by atoms with E-state index in [9.17, 15) is 14.4 Å². The molecular weight excluding hydrogens is 294 g/mol. The lowest BCUT2D eigenvalue weighted by Gasteiger charge is -2.42. The van der Waals surface area contributed by atoms with Gasteiger partial charge in [0.1, 0.15) is 13.1 Å². The quantitative estimate of drug-likeness (QED) is 0.828. The first-order chi connectivity index (χ1) is 11.0. The molecule has 1 N–H and O–H groups in total. The summed E-state index contributed by atoms with van der Waals surface area (Å²) in [6.45, 7) is 0.384. The Morgan fingerprint density at radius 2 is 1.91 bits per heavy atom. The molecule has 122 valence electrons. The van der Waals surface area contributed by atoms with Crippen LogP contribution < -0.4 is 5.32 Å². The van der Waals surface area contributed by atoms with Crippen molar-refractivity contribution in [3.63, 3.8) is 0 Å². The molecule has 0 unspecified atom stereocenters. The number of carbonyl (C=O) groups excluding carboxylic acids is 3. The van der Waals surface area contributed by atoms with Gasteiger partial charge in [-0.15, -0.1) is 0 Å². The van der Waals surface area contributed by atoms with Gasteiger partial charge in [0.15, 0.2) is 0 Å². The Morgan fingerprint density at radius 1 is 1.22 bits per heavy atom. The molecule has 4 amide bonds. The molecule has 23 heavy (non-hydrogen) atoms. The van der Waals surface area contributed by atoms with E-state index < -0.39 is 6.03 Å². The van der Waals surface area contributed by atoms with Crippen LogP contribution in [0.1, 0.15) is 24.8 Å². The largest absolute Gasteiger partial charge is 0.354 e. The van der Waals surface area contributed by atoms with Gasteiger partial charge in [0.2, 0.25) is 5.91 Å². The number of rotatable bonds is 5. The summed E-state index contributed by atoms with van der Waals surface area (Å²) in [5, 5.41) is 2.90. The van der Waals surface area contributed by atoms with Gasteiger partial charge in [-0.05, 0) is 18.4 Å². The maximum atomic E-state index is 12.1. The predicted molar refractivity (Wildman–Crippen MR) is 84.7 cm³/mol. The molecular formula is C17H21N3O3. The van der Waals surface area contributed by atoms with Gasteiger partial charge in [0.05, 0.1) is 0 Å². The fourth-order valence-electron chi connectivity index (χ4n) is 3.25. The van der Waals surface area contributed by atoms with E-state index in [4.69, 9.17) is 0 Å². The van der Waals surface area contributed by atoms with Gasteiger partial charge in [0.25, 0.3) is 5.91 Å². The second-order valence-corrected chi connectivity index (χ2v) is 6.40. The Bertz CT molecular complexity index is 625. The number of nitrogens with one attached hydrogen (secondary N) is 1. The molecule has 2 fully saturated rings. The molecule has 1 saturated heterocycles. The molecule has 3 rings (SSSR count). The van der Waals surface area contributed by atoms with Crippen molar-refractivity contribution in [3.8, 4) is 0 Å². The zero-order valence-corrected chi connectivity index (χ0v) is 13.2. The normalized spacial score (nSPS) is 19.7. The van der Waals surface area contributed by atoms with Gasteiger partial charge in [-0.25, -0.2) is 4.79 Å². The highest BCUT2D eigenvalue weighted by Gasteiger charge is 2.39. The van der Waals surface area contributed by atoms with Crippen molar-refractivity contribution in [2.45, 2.75) is 24.7 Å². The highest BCUT2D eigenvalue weighted by atomic mass is 16.2. The van der Waals surface area contributed by atoms with E-state index in [1.165, 1.54) is 10.5 Å². The van der Waals surface area contributed by atoms with E-state index >= 15 is 0 Å². The lowest BCUT2D eigenvalue weighted by atomic mass is 9.64. The summed E-state index contributed by atoms with van der Waals surface area (Å²) in [5.74, 6) is -0.613. The second-order valence-electron chi connectivity index (χ2n) is 6.40. The molecule has 6 heteroatoms. The smallest absolute Gasteiger partial charge is 0.327 e. The maximum Gasteiger partial charge on any atom is 0.327 e. The minimum absolute atomic E-state index is 0.00720. The third-order valence-corrected chi connectivity index (χ3v) is 4.85. The van der Waals surface area contributed by atoms with E-state index in [1.54, 1.807) is 7.05 Å². The molecule has 1 saturated carbocycles. The van der Waals surface area contributed by atoms with Crippen molar-refractivity contribution < 1.29 is 14.4 Å². The summed E-state index contributed by atoms with van der Waals surface area (Å²) in [4.78, 5) is 38.0. The van der Waals surface area contributed by atoms with Gasteiger partial charge in [-0.1, -0.05) is 36.8 Å². The summed E-state index contributed by atoms with van der Waals surface area (Å²) in [5.41, 5.74) is 1.23. The Hall–Kier alpha value is -2.37. The molecule has 0 atom stereocenters. The number of urea groups is 1. The van der Waals surface area contributed by atoms with Crippen molar-refractivity contribution in [3.05, 3.63) is 35.9 Å². The van der Waals surface area contributed by atoms with Crippen LogP contribution in [-0.4, -0.2) is 54.3 Å². The SMILES string of the molecule is CN1CC(=O)N(CC(=O)NCC2(c3ccccc3)CCC2)C1=O. The molecule has 0 aromatic heterocycles. The molecule has 1 aliphatic carbocycles. The van der Waals surface area contributed by atoms with Crippen LogP contribution in [0.2, 0.25) is 0 Å². The fourth-order valence-corrected chi connectivity index (χ4v) is 3.25. The molecule has 1 aromatic rings. The number of benzene rings is 1. The molecule has 1 heterocycles. The molecule has 6 nitrogen and oxygen atoms in total. The average Bonchev–Trinajstić information content (AvgIpc) is 2.74. The average molecular weight is 315 g/mol. The molecule has 1 aromatic carbocycles. The number of imide groups is 1. The van der Waals surface area contributed by atoms with Gasteiger partial charge in [-0.2, -0.15) is 0 Å². The number of carbonyl (C=O) groups is 3. The monoisotopic (exact) mass is 315 g/mol. The summed E-state index contributed by atoms with van der Waals surface area (Å²) < 4.78 is 0. The Labute approximate surface area is 135 Å². The lowest BCUT2D eigenvalue weighted by molar-refractivity contribution is -0.130. The minimum atomic E-state index is -0.411. The van der Waals surface area contributed by atoms with Crippen LogP contribution in [0.5, 0.6) is 0 Å². The predicted octanol–water partition coefficient (Wildman–Crippen LogP) is 1.12. The maximum absolute atomic E-state index is 12.1. The minimum Gasteiger partial charge on any atom is -0.354 e. The zero-order chi connectivity index (χ0) is 16.4. The van der Waals surface area contributed by atoms with Crippen LogP contribution >= 0.6 is 0 Å². The second kappa shape index (κ2) is 6.02. The highest BCUT2D eigenvalue weighted by molar-refractivity contribution is 6.04. The van der Waals surface area contributed by atoms with Crippen LogP contribution in [0, 0.1) is 0 Å². The number of hydrogen-bond acceptors (Lipinski definition) is 3. The highest BCUT2D eigenvalue weighted by Crippen LogP contribution is 2.43. The van der Waals surface area contributed by atoms with Crippen LogP contribution in [0.4, 0.5) is 4.79 Å². The molecule has 2 aliphatic rings. The zero-order valence-electron chi connectivity index (χ0n) is 13.2. The molecule has 0 bridgehead atoms. The Balaban J connectivity index is 1.59. The van der Waals surface area contributed by atoms with Gasteiger partial charge in [0, 0.05) is 19.0 Å². The summed E-state index contributed by atoms with van der Waals surface area (Å²) in [6, 6.07) is 9.77. The topological polar surface area (TPSA) is 69.7 Å². The van der Waals surface area contributed by atoms with E-state index in [1.807, 2.05) is 18.2 Å². The number of nitrogens with zero attached hydrogens (tertiary/aromatic N) is 2. The first-order valence-corrected chi connectivity index (χ1v) is 7.89. The Morgan fingerprint density at radius 3 is 2.43 bits per heavy atom. The van der Waals surface area contributed by atoms with Gasteiger partial charge < -0.3 is 10.2 Å². The molecule has 0 radical (unpaired) electrons. The summed E-state index contributed by atoms with van der Waals surface area (Å²) in [6.07, 6.45) is 3.24. The summed E-state index contributed by atoms with van der Waals surface area (Å²) in [7, 11) is 1.55. The number of likely N-dealkylation sites (N-methyl/N-ethyl adjacent to an activating group) is 1. The van der Waals surface area contributed by atoms with Gasteiger partial charge >= 0.3 is 6.03 Å². The van der Waals surface area contributed by atoms with E-state index in [0.29, 0.717) is 6.54 Å². The van der Waals surface area contributed by atoms with Crippen LogP contribution in [0.15, 0.2) is 30.3 Å². The summed E-state index contributed by atoms with van der Waals surface area (Å²) >= 11 is 0. The standard InChI is InChI=1S/C17H21N3O3/c1-19-11-15(22)20(16(19)23)10-14(21)18-12-17(8-5-9-17)13-6-3-2-4-7-13/h2-4,6-7H,5,8-12H2,1H3,(H,18,21). The van der Waals surface area contributed by atoms with Crippen LogP contribution in [0.25, 0.3) is 0 Å². The van der Waals surface area contributed by atoms with Crippen molar-refractivity contribution in [1.82, 2.24) is 15.1 Å². The van der Waals surface area contributed by atoms with E-state index in [2.05, 4.69) is 17.4 Å². The lowest BCUT2D eigenvalue weighted by Crippen LogP contribution is -2.48. The van der Waals surface area contributed by atoms with Crippen LogP contribution in [-0.2, 0) is 15.0 Å². The first-order valence-electron chi connectivity index (χ1n) is 7.89. The number of amides is 4. The third kappa shape index (κ3) is 2.93. The molecule has 1 aliphatic heterocycles. The van der Waals surface area contributed by atoms with Crippen molar-refractivity contribution in [1.29, 1.82) is 0 Å².